The van der Waals surface area contributed by atoms with Crippen molar-refractivity contribution in [1.29, 1.82) is 0 Å². The molecular formula is C17H19BrN2O. The van der Waals surface area contributed by atoms with Crippen molar-refractivity contribution in [3.8, 4) is 5.75 Å². The number of hydrogen-bond donors (Lipinski definition) is 1. The topological polar surface area (TPSA) is 24.5 Å². The maximum atomic E-state index is 5.79. The summed E-state index contributed by atoms with van der Waals surface area (Å²) in [5, 5.41) is 3.47. The van der Waals surface area contributed by atoms with Gasteiger partial charge in [0.15, 0.2) is 0 Å². The third kappa shape index (κ3) is 3.70. The van der Waals surface area contributed by atoms with E-state index >= 15 is 0 Å². The summed E-state index contributed by atoms with van der Waals surface area (Å²) in [4.78, 5) is 2.40. The van der Waals surface area contributed by atoms with Crippen molar-refractivity contribution in [3.05, 3.63) is 53.0 Å². The van der Waals surface area contributed by atoms with Gasteiger partial charge < -0.3 is 15.0 Å². The molecule has 0 saturated heterocycles. The standard InChI is InChI=1S/C17H19BrN2O/c18-14-6-8-15(9-7-14)19-10-12-20-11-3-13-21-17-5-2-1-4-16(17)20/h1-2,4-9,19H,3,10-13H2. The highest BCUT2D eigenvalue weighted by Crippen LogP contribution is 2.30. The molecule has 3 rings (SSSR count). The number of nitrogens with zero attached hydrogens (tertiary/aromatic N) is 1. The van der Waals surface area contributed by atoms with Crippen molar-refractivity contribution in [1.82, 2.24) is 0 Å². The van der Waals surface area contributed by atoms with Gasteiger partial charge in [-0.3, -0.25) is 0 Å². The van der Waals surface area contributed by atoms with Crippen LogP contribution in [0.3, 0.4) is 0 Å². The Morgan fingerprint density at radius 3 is 2.76 bits per heavy atom. The molecule has 0 bridgehead atoms. The van der Waals surface area contributed by atoms with Gasteiger partial charge in [-0.05, 0) is 42.8 Å². The highest BCUT2D eigenvalue weighted by Gasteiger charge is 2.14. The van der Waals surface area contributed by atoms with E-state index in [9.17, 15) is 0 Å². The molecule has 21 heavy (non-hydrogen) atoms. The third-order valence-corrected chi connectivity index (χ3v) is 4.12. The van der Waals surface area contributed by atoms with Crippen LogP contribution in [0.5, 0.6) is 5.75 Å². The molecule has 0 fully saturated rings. The minimum absolute atomic E-state index is 0.799. The second-order valence-electron chi connectivity index (χ2n) is 5.09. The summed E-state index contributed by atoms with van der Waals surface area (Å²) in [7, 11) is 0. The summed E-state index contributed by atoms with van der Waals surface area (Å²) in [6, 6.07) is 16.6. The van der Waals surface area contributed by atoms with Crippen LogP contribution in [0.25, 0.3) is 0 Å². The average Bonchev–Trinajstić information content (AvgIpc) is 2.72. The number of rotatable bonds is 4. The first kappa shape index (κ1) is 14.3. The van der Waals surface area contributed by atoms with Crippen LogP contribution in [0.4, 0.5) is 11.4 Å². The summed E-state index contributed by atoms with van der Waals surface area (Å²) < 4.78 is 6.89. The van der Waals surface area contributed by atoms with Gasteiger partial charge in [-0.15, -0.1) is 0 Å². The van der Waals surface area contributed by atoms with Crippen LogP contribution in [0.1, 0.15) is 6.42 Å². The second-order valence-corrected chi connectivity index (χ2v) is 6.01. The van der Waals surface area contributed by atoms with E-state index in [4.69, 9.17) is 4.74 Å². The van der Waals surface area contributed by atoms with Crippen molar-refractivity contribution in [2.75, 3.05) is 36.5 Å². The average molecular weight is 347 g/mol. The molecule has 110 valence electrons. The summed E-state index contributed by atoms with van der Waals surface area (Å²) in [5.74, 6) is 0.999. The highest BCUT2D eigenvalue weighted by molar-refractivity contribution is 9.10. The fourth-order valence-corrected chi connectivity index (χ4v) is 2.80. The normalized spacial score (nSPS) is 14.0. The van der Waals surface area contributed by atoms with E-state index < -0.39 is 0 Å². The number of hydrogen-bond acceptors (Lipinski definition) is 3. The maximum absolute atomic E-state index is 5.79. The summed E-state index contributed by atoms with van der Waals surface area (Å²) in [6.07, 6.45) is 1.06. The Hall–Kier alpha value is -1.68. The lowest BCUT2D eigenvalue weighted by molar-refractivity contribution is 0.322. The van der Waals surface area contributed by atoms with Crippen molar-refractivity contribution in [2.24, 2.45) is 0 Å². The molecule has 0 aliphatic carbocycles. The Morgan fingerprint density at radius 2 is 1.90 bits per heavy atom. The fraction of sp³-hybridized carbons (Fsp3) is 0.294. The zero-order valence-corrected chi connectivity index (χ0v) is 13.5. The molecule has 1 heterocycles. The van der Waals surface area contributed by atoms with Crippen molar-refractivity contribution >= 4 is 27.3 Å². The smallest absolute Gasteiger partial charge is 0.142 e. The molecule has 0 radical (unpaired) electrons. The lowest BCUT2D eigenvalue weighted by Gasteiger charge is -2.24. The number of ether oxygens (including phenoxy) is 1. The molecule has 0 unspecified atom stereocenters. The van der Waals surface area contributed by atoms with E-state index in [0.717, 1.165) is 48.6 Å². The fourth-order valence-electron chi connectivity index (χ4n) is 2.53. The van der Waals surface area contributed by atoms with Gasteiger partial charge in [0, 0.05) is 29.8 Å². The van der Waals surface area contributed by atoms with E-state index in [0.29, 0.717) is 0 Å². The first-order chi connectivity index (χ1) is 10.3. The van der Waals surface area contributed by atoms with Crippen molar-refractivity contribution in [2.45, 2.75) is 6.42 Å². The number of para-hydroxylation sites is 2. The number of benzene rings is 2. The lowest BCUT2D eigenvalue weighted by atomic mass is 10.2. The van der Waals surface area contributed by atoms with Crippen LogP contribution in [-0.4, -0.2) is 26.2 Å². The van der Waals surface area contributed by atoms with E-state index in [-0.39, 0.29) is 0 Å². The molecule has 1 aliphatic rings. The molecule has 1 aliphatic heterocycles. The Kier molecular flexibility index (Phi) is 4.65. The van der Waals surface area contributed by atoms with Gasteiger partial charge in [0.1, 0.15) is 5.75 Å². The number of halogens is 1. The van der Waals surface area contributed by atoms with Crippen LogP contribution in [0, 0.1) is 0 Å². The van der Waals surface area contributed by atoms with Gasteiger partial charge in [-0.2, -0.15) is 0 Å². The monoisotopic (exact) mass is 346 g/mol. The van der Waals surface area contributed by atoms with Gasteiger partial charge in [-0.1, -0.05) is 28.1 Å². The molecule has 3 nitrogen and oxygen atoms in total. The number of anilines is 2. The largest absolute Gasteiger partial charge is 0.491 e. The Labute approximate surface area is 134 Å². The van der Waals surface area contributed by atoms with Crippen LogP contribution in [0.2, 0.25) is 0 Å². The summed E-state index contributed by atoms with van der Waals surface area (Å²) in [5.41, 5.74) is 2.35. The van der Waals surface area contributed by atoms with Crippen molar-refractivity contribution < 1.29 is 4.74 Å². The molecule has 1 N–H and O–H groups in total. The molecule has 0 aromatic heterocycles. The first-order valence-corrected chi connectivity index (χ1v) is 8.08. The predicted molar refractivity (Wildman–Crippen MR) is 91.4 cm³/mol. The molecule has 0 amide bonds. The third-order valence-electron chi connectivity index (χ3n) is 3.59. The van der Waals surface area contributed by atoms with Gasteiger partial charge in [-0.25, -0.2) is 0 Å². The molecule has 0 atom stereocenters. The summed E-state index contributed by atoms with van der Waals surface area (Å²) >= 11 is 3.45. The van der Waals surface area contributed by atoms with Gasteiger partial charge in [0.05, 0.1) is 12.3 Å². The van der Waals surface area contributed by atoms with Gasteiger partial charge in [0.2, 0.25) is 0 Å². The molecule has 0 spiro atoms. The highest BCUT2D eigenvalue weighted by atomic mass is 79.9. The molecule has 0 saturated carbocycles. The zero-order chi connectivity index (χ0) is 14.5. The minimum Gasteiger partial charge on any atom is -0.491 e. The van der Waals surface area contributed by atoms with Crippen LogP contribution in [-0.2, 0) is 0 Å². The van der Waals surface area contributed by atoms with Gasteiger partial charge >= 0.3 is 0 Å². The molecule has 2 aromatic rings. The Morgan fingerprint density at radius 1 is 1.10 bits per heavy atom. The quantitative estimate of drug-likeness (QED) is 0.899. The van der Waals surface area contributed by atoms with Gasteiger partial charge in [0.25, 0.3) is 0 Å². The maximum Gasteiger partial charge on any atom is 0.142 e. The predicted octanol–water partition coefficient (Wildman–Crippen LogP) is 4.15. The van der Waals surface area contributed by atoms with E-state index in [2.05, 4.69) is 68.6 Å². The first-order valence-electron chi connectivity index (χ1n) is 7.29. The second kappa shape index (κ2) is 6.85. The molecular weight excluding hydrogens is 328 g/mol. The molecule has 2 aromatic carbocycles. The zero-order valence-electron chi connectivity index (χ0n) is 11.9. The molecule has 4 heteroatoms. The van der Waals surface area contributed by atoms with E-state index in [1.165, 1.54) is 5.69 Å². The number of fused-ring (bicyclic) bond motifs is 1. The van der Waals surface area contributed by atoms with Crippen LogP contribution in [0.15, 0.2) is 53.0 Å². The SMILES string of the molecule is Brc1ccc(NCCN2CCCOc3ccccc32)cc1. The minimum atomic E-state index is 0.799. The lowest BCUT2D eigenvalue weighted by Crippen LogP contribution is -2.29. The number of nitrogens with one attached hydrogen (secondary N) is 1. The summed E-state index contributed by atoms with van der Waals surface area (Å²) in [6.45, 7) is 3.72. The van der Waals surface area contributed by atoms with Crippen molar-refractivity contribution in [3.63, 3.8) is 0 Å². The Bertz CT molecular complexity index is 586. The Balaban J connectivity index is 1.61. The van der Waals surface area contributed by atoms with E-state index in [1.54, 1.807) is 0 Å². The van der Waals surface area contributed by atoms with Crippen LogP contribution >= 0.6 is 15.9 Å². The van der Waals surface area contributed by atoms with E-state index in [1.807, 2.05) is 6.07 Å². The van der Waals surface area contributed by atoms with Crippen LogP contribution < -0.4 is 15.0 Å².